The molecule has 1 fully saturated rings. The first-order chi connectivity index (χ1) is 10.6. The van der Waals surface area contributed by atoms with Crippen LogP contribution in [0.3, 0.4) is 0 Å². The summed E-state index contributed by atoms with van der Waals surface area (Å²) in [5.74, 6) is 0. The predicted molar refractivity (Wildman–Crippen MR) is 91.8 cm³/mol. The Morgan fingerprint density at radius 3 is 2.41 bits per heavy atom. The third-order valence-corrected chi connectivity index (χ3v) is 3.76. The number of carbonyl (C=O) groups is 1. The summed E-state index contributed by atoms with van der Waals surface area (Å²) in [4.78, 5) is 13.0. The lowest BCUT2D eigenvalue weighted by Crippen LogP contribution is -2.45. The average molecular weight is 333 g/mol. The molecule has 0 bridgehead atoms. The van der Waals surface area contributed by atoms with Gasteiger partial charge in [-0.05, 0) is 25.9 Å². The molecule has 1 saturated heterocycles. The number of piperidine rings is 1. The minimum Gasteiger partial charge on any atom is -0.378 e. The fourth-order valence-electron chi connectivity index (χ4n) is 2.54. The molecule has 0 spiro atoms. The number of hydrogen-bond donors (Lipinski definition) is 3. The Kier molecular flexibility index (Phi) is 10.9. The number of ether oxygens (including phenoxy) is 2. The maximum atomic E-state index is 10.5. The van der Waals surface area contributed by atoms with Crippen LogP contribution in [0.25, 0.3) is 0 Å². The smallest absolute Gasteiger partial charge is 0.276 e. The zero-order valence-electron chi connectivity index (χ0n) is 13.8. The Hall–Kier alpha value is -0.340. The fraction of sp³-hybridized carbons (Fsp3) is 0.933. The van der Waals surface area contributed by atoms with Crippen LogP contribution in [0.5, 0.6) is 0 Å². The normalized spacial score (nSPS) is 17.1. The predicted octanol–water partition coefficient (Wildman–Crippen LogP) is 1.12. The number of thiol groups is 1. The molecule has 0 saturated carbocycles. The van der Waals surface area contributed by atoms with Crippen molar-refractivity contribution in [3.63, 3.8) is 0 Å². The molecule has 0 aliphatic carbocycles. The number of amides is 1. The highest BCUT2D eigenvalue weighted by molar-refractivity contribution is 7.96. The molecule has 0 aromatic rings. The van der Waals surface area contributed by atoms with E-state index in [9.17, 15) is 4.79 Å². The van der Waals surface area contributed by atoms with Gasteiger partial charge in [-0.1, -0.05) is 26.5 Å². The third kappa shape index (κ3) is 10.4. The van der Waals surface area contributed by atoms with Crippen molar-refractivity contribution in [2.75, 3.05) is 52.6 Å². The lowest BCUT2D eigenvalue weighted by atomic mass is 10.0. The van der Waals surface area contributed by atoms with Gasteiger partial charge in [0.05, 0.1) is 26.4 Å². The van der Waals surface area contributed by atoms with Gasteiger partial charge in [0.1, 0.15) is 0 Å². The summed E-state index contributed by atoms with van der Waals surface area (Å²) < 4.78 is 10.9. The van der Waals surface area contributed by atoms with E-state index in [4.69, 9.17) is 9.47 Å². The van der Waals surface area contributed by atoms with Gasteiger partial charge < -0.3 is 25.0 Å². The standard InChI is InChI=1S/C15H31N3O3S/c1-13(2)17-14-3-6-18(7-4-14)8-10-21-12-11-20-9-5-16-15(19)22/h13-14,17H,3-12H2,1-2H3,(H2,16,19,22). The third-order valence-electron chi connectivity index (χ3n) is 3.60. The SMILES string of the molecule is CC(C)NC1CCN(CCOCCOCCNC(=O)S)CC1. The van der Waals surface area contributed by atoms with Crippen LogP contribution in [0.4, 0.5) is 4.79 Å². The van der Waals surface area contributed by atoms with Crippen LogP contribution in [-0.2, 0) is 9.47 Å². The van der Waals surface area contributed by atoms with Crippen LogP contribution >= 0.6 is 12.6 Å². The molecule has 2 N–H and O–H groups in total. The lowest BCUT2D eigenvalue weighted by molar-refractivity contribution is 0.0368. The fourth-order valence-corrected chi connectivity index (χ4v) is 2.65. The van der Waals surface area contributed by atoms with Crippen molar-refractivity contribution in [2.24, 2.45) is 0 Å². The number of carbonyl (C=O) groups excluding carboxylic acids is 1. The van der Waals surface area contributed by atoms with Gasteiger partial charge in [0, 0.05) is 25.2 Å². The first-order valence-electron chi connectivity index (χ1n) is 8.18. The number of rotatable bonds is 11. The van der Waals surface area contributed by atoms with Crippen molar-refractivity contribution in [3.8, 4) is 0 Å². The average Bonchev–Trinajstić information content (AvgIpc) is 2.46. The molecule has 1 aliphatic heterocycles. The van der Waals surface area contributed by atoms with E-state index < -0.39 is 0 Å². The van der Waals surface area contributed by atoms with Crippen LogP contribution in [-0.4, -0.2) is 74.8 Å². The molecule has 1 aliphatic rings. The zero-order valence-corrected chi connectivity index (χ0v) is 14.7. The molecule has 1 amide bonds. The van der Waals surface area contributed by atoms with E-state index in [-0.39, 0.29) is 5.24 Å². The molecule has 0 atom stereocenters. The molecule has 0 unspecified atom stereocenters. The summed E-state index contributed by atoms with van der Waals surface area (Å²) in [7, 11) is 0. The Bertz CT molecular complexity index is 298. The van der Waals surface area contributed by atoms with E-state index in [2.05, 4.69) is 42.0 Å². The van der Waals surface area contributed by atoms with Gasteiger partial charge in [-0.25, -0.2) is 0 Å². The summed E-state index contributed by atoms with van der Waals surface area (Å²) in [6, 6.07) is 1.24. The van der Waals surface area contributed by atoms with E-state index in [0.717, 1.165) is 26.2 Å². The molecule has 0 radical (unpaired) electrons. The first kappa shape index (κ1) is 19.7. The summed E-state index contributed by atoms with van der Waals surface area (Å²) in [6.45, 7) is 10.6. The van der Waals surface area contributed by atoms with Gasteiger partial charge in [0.15, 0.2) is 0 Å². The van der Waals surface area contributed by atoms with Crippen LogP contribution in [0, 0.1) is 0 Å². The molecule has 0 aromatic heterocycles. The summed E-state index contributed by atoms with van der Waals surface area (Å²) >= 11 is 3.60. The van der Waals surface area contributed by atoms with Gasteiger partial charge in [0.25, 0.3) is 5.24 Å². The van der Waals surface area contributed by atoms with Gasteiger partial charge in [-0.2, -0.15) is 0 Å². The Labute approximate surface area is 139 Å². The van der Waals surface area contributed by atoms with E-state index in [1.807, 2.05) is 0 Å². The second kappa shape index (κ2) is 12.1. The molecule has 130 valence electrons. The number of likely N-dealkylation sites (tertiary alicyclic amines) is 1. The second-order valence-electron chi connectivity index (χ2n) is 5.89. The highest BCUT2D eigenvalue weighted by Gasteiger charge is 2.18. The van der Waals surface area contributed by atoms with E-state index in [1.54, 1.807) is 0 Å². The van der Waals surface area contributed by atoms with Crippen molar-refractivity contribution in [1.82, 2.24) is 15.5 Å². The van der Waals surface area contributed by atoms with Gasteiger partial charge in [-0.3, -0.25) is 4.79 Å². The number of nitrogens with one attached hydrogen (secondary N) is 2. The molecular weight excluding hydrogens is 302 g/mol. The van der Waals surface area contributed by atoms with Crippen LogP contribution in [0.15, 0.2) is 0 Å². The molecule has 22 heavy (non-hydrogen) atoms. The van der Waals surface area contributed by atoms with Crippen LogP contribution in [0.2, 0.25) is 0 Å². The molecule has 1 heterocycles. The van der Waals surface area contributed by atoms with Crippen molar-refractivity contribution < 1.29 is 14.3 Å². The van der Waals surface area contributed by atoms with E-state index >= 15 is 0 Å². The van der Waals surface area contributed by atoms with Gasteiger partial charge in [0.2, 0.25) is 0 Å². The monoisotopic (exact) mass is 333 g/mol. The van der Waals surface area contributed by atoms with Crippen molar-refractivity contribution in [1.29, 1.82) is 0 Å². The van der Waals surface area contributed by atoms with E-state index in [0.29, 0.717) is 38.4 Å². The minimum atomic E-state index is -0.327. The molecule has 1 rings (SSSR count). The van der Waals surface area contributed by atoms with Crippen LogP contribution < -0.4 is 10.6 Å². The second-order valence-corrected chi connectivity index (χ2v) is 6.30. The Morgan fingerprint density at radius 1 is 1.18 bits per heavy atom. The maximum absolute atomic E-state index is 10.5. The van der Waals surface area contributed by atoms with E-state index in [1.165, 1.54) is 12.8 Å². The summed E-state index contributed by atoms with van der Waals surface area (Å²) in [5, 5.41) is 5.83. The molecule has 0 aromatic carbocycles. The minimum absolute atomic E-state index is 0.327. The molecule has 6 nitrogen and oxygen atoms in total. The van der Waals surface area contributed by atoms with Crippen molar-refractivity contribution >= 4 is 17.9 Å². The highest BCUT2D eigenvalue weighted by Crippen LogP contribution is 2.10. The summed E-state index contributed by atoms with van der Waals surface area (Å²) in [5.41, 5.74) is 0. The number of hydrogen-bond acceptors (Lipinski definition) is 5. The Morgan fingerprint density at radius 2 is 1.82 bits per heavy atom. The van der Waals surface area contributed by atoms with Crippen LogP contribution in [0.1, 0.15) is 26.7 Å². The quantitative estimate of drug-likeness (QED) is 0.391. The Balaban J connectivity index is 1.86. The van der Waals surface area contributed by atoms with Gasteiger partial charge in [-0.15, -0.1) is 0 Å². The molecule has 7 heteroatoms. The molecular formula is C15H31N3O3S. The zero-order chi connectivity index (χ0) is 16.2. The van der Waals surface area contributed by atoms with Crippen molar-refractivity contribution in [2.45, 2.75) is 38.8 Å². The summed E-state index contributed by atoms with van der Waals surface area (Å²) in [6.07, 6.45) is 2.44. The van der Waals surface area contributed by atoms with Crippen molar-refractivity contribution in [3.05, 3.63) is 0 Å². The number of nitrogens with zero attached hydrogens (tertiary/aromatic N) is 1. The lowest BCUT2D eigenvalue weighted by Gasteiger charge is -2.33. The van der Waals surface area contributed by atoms with Gasteiger partial charge >= 0.3 is 0 Å². The topological polar surface area (TPSA) is 62.8 Å². The maximum Gasteiger partial charge on any atom is 0.276 e. The highest BCUT2D eigenvalue weighted by atomic mass is 32.1. The largest absolute Gasteiger partial charge is 0.378 e. The first-order valence-corrected chi connectivity index (χ1v) is 8.63.